The molecule has 1 saturated carbocycles. The van der Waals surface area contributed by atoms with Gasteiger partial charge >= 0.3 is 6.18 Å². The van der Waals surface area contributed by atoms with Crippen LogP contribution in [0, 0.1) is 12.3 Å². The molecule has 0 bridgehead atoms. The van der Waals surface area contributed by atoms with E-state index in [4.69, 9.17) is 4.52 Å². The molecule has 0 atom stereocenters. The average Bonchev–Trinajstić information content (AvgIpc) is 3.65. The minimum Gasteiger partial charge on any atom is -0.371 e. The lowest BCUT2D eigenvalue weighted by atomic mass is 9.63. The van der Waals surface area contributed by atoms with Crippen molar-refractivity contribution in [3.05, 3.63) is 71.4 Å². The van der Waals surface area contributed by atoms with Gasteiger partial charge in [-0.1, -0.05) is 17.3 Å². The summed E-state index contributed by atoms with van der Waals surface area (Å²) in [5.41, 5.74) is 4.29. The monoisotopic (exact) mass is 517 g/mol. The molecule has 0 N–H and O–H groups in total. The van der Waals surface area contributed by atoms with E-state index in [1.165, 1.54) is 12.4 Å². The second kappa shape index (κ2) is 8.38. The van der Waals surface area contributed by atoms with Crippen LogP contribution in [0.1, 0.15) is 60.6 Å². The number of nitrogens with zero attached hydrogens (tertiary/aromatic N) is 5. The van der Waals surface area contributed by atoms with E-state index in [9.17, 15) is 13.2 Å². The van der Waals surface area contributed by atoms with Crippen LogP contribution in [0.2, 0.25) is 0 Å². The summed E-state index contributed by atoms with van der Waals surface area (Å²) in [4.78, 5) is 6.36. The summed E-state index contributed by atoms with van der Waals surface area (Å²) in [7, 11) is 0. The van der Waals surface area contributed by atoms with Gasteiger partial charge in [-0.3, -0.25) is 4.98 Å². The Hall–Kier alpha value is -3.75. The Bertz CT molecular complexity index is 1580. The topological polar surface area (TPSA) is 67.9 Å². The van der Waals surface area contributed by atoms with Crippen LogP contribution >= 0.6 is 0 Å². The van der Waals surface area contributed by atoms with Gasteiger partial charge in [-0.05, 0) is 74.3 Å². The molecule has 0 radical (unpaired) electrons. The predicted octanol–water partition coefficient (Wildman–Crippen LogP) is 6.96. The Morgan fingerprint density at radius 3 is 2.58 bits per heavy atom. The maximum absolute atomic E-state index is 13.8. The van der Waals surface area contributed by atoms with Crippen LogP contribution in [-0.4, -0.2) is 33.4 Å². The van der Waals surface area contributed by atoms with Crippen LogP contribution in [0.3, 0.4) is 0 Å². The molecule has 38 heavy (non-hydrogen) atoms. The van der Waals surface area contributed by atoms with Crippen molar-refractivity contribution in [2.75, 3.05) is 18.0 Å². The largest absolute Gasteiger partial charge is 0.417 e. The molecule has 0 amide bonds. The lowest BCUT2D eigenvalue weighted by molar-refractivity contribution is -0.137. The Morgan fingerprint density at radius 2 is 1.84 bits per heavy atom. The van der Waals surface area contributed by atoms with Gasteiger partial charge in [-0.2, -0.15) is 23.4 Å². The van der Waals surface area contributed by atoms with Gasteiger partial charge in [0.15, 0.2) is 0 Å². The number of benzene rings is 1. The Labute approximate surface area is 217 Å². The zero-order valence-corrected chi connectivity index (χ0v) is 20.9. The number of rotatable bonds is 4. The summed E-state index contributed by atoms with van der Waals surface area (Å²) in [6.45, 7) is 3.75. The quantitative estimate of drug-likeness (QED) is 0.292. The molecular weight excluding hydrogens is 491 g/mol. The molecule has 194 valence electrons. The van der Waals surface area contributed by atoms with E-state index in [2.05, 4.69) is 49.5 Å². The van der Waals surface area contributed by atoms with Crippen LogP contribution < -0.4 is 4.90 Å². The highest BCUT2D eigenvalue weighted by Crippen LogP contribution is 2.56. The molecule has 1 saturated heterocycles. The van der Waals surface area contributed by atoms with Gasteiger partial charge in [-0.25, -0.2) is 0 Å². The summed E-state index contributed by atoms with van der Waals surface area (Å²) >= 11 is 0. The van der Waals surface area contributed by atoms with Crippen LogP contribution in [0.5, 0.6) is 0 Å². The standard InChI is InChI=1S/C29H26F3N5O/c1-17-12-19-4-5-21(13-24(19)35-34-17)37-10-7-28(8-11-37)14-20(15-28)25-26(36-38-27(25)18-2-3-18)22-16-33-9-6-23(22)29(30,31)32/h4-6,9,12-14,16,18H,2-3,7-8,10-11,15H2,1H3. The highest BCUT2D eigenvalue weighted by molar-refractivity contribution is 5.85. The minimum absolute atomic E-state index is 0.0167. The van der Waals surface area contributed by atoms with Crippen molar-refractivity contribution < 1.29 is 17.7 Å². The first kappa shape index (κ1) is 23.4. The van der Waals surface area contributed by atoms with Gasteiger partial charge in [0.1, 0.15) is 11.5 Å². The van der Waals surface area contributed by atoms with Crippen LogP contribution in [0.25, 0.3) is 27.7 Å². The van der Waals surface area contributed by atoms with Crippen molar-refractivity contribution in [1.29, 1.82) is 0 Å². The molecule has 6 nitrogen and oxygen atoms in total. The van der Waals surface area contributed by atoms with Gasteiger partial charge in [0.05, 0.1) is 16.8 Å². The second-order valence-corrected chi connectivity index (χ2v) is 10.9. The summed E-state index contributed by atoms with van der Waals surface area (Å²) in [5, 5.41) is 13.8. The highest BCUT2D eigenvalue weighted by atomic mass is 19.4. The number of fused-ring (bicyclic) bond motifs is 1. The Balaban J connectivity index is 1.15. The lowest BCUT2D eigenvalue weighted by Crippen LogP contribution is -2.42. The van der Waals surface area contributed by atoms with E-state index >= 15 is 0 Å². The molecule has 3 aliphatic rings. The third kappa shape index (κ3) is 3.95. The SMILES string of the molecule is Cc1cc2ccc(N3CCC4(C=C(c5c(-c6cnccc6C(F)(F)F)noc5C5CC5)C4)CC3)cc2nn1. The number of piperidine rings is 1. The molecule has 0 unspecified atom stereocenters. The fraction of sp³-hybridized carbons (Fsp3) is 0.379. The molecule has 1 aliphatic heterocycles. The molecule has 2 aliphatic carbocycles. The number of aromatic nitrogens is 4. The maximum atomic E-state index is 13.8. The van der Waals surface area contributed by atoms with Crippen molar-refractivity contribution in [2.24, 2.45) is 5.41 Å². The number of aryl methyl sites for hydroxylation is 1. The van der Waals surface area contributed by atoms with Crippen LogP contribution in [0.15, 0.2) is 53.3 Å². The van der Waals surface area contributed by atoms with E-state index in [1.807, 2.05) is 13.0 Å². The third-order valence-electron chi connectivity index (χ3n) is 8.21. The first-order chi connectivity index (χ1) is 18.3. The zero-order chi connectivity index (χ0) is 26.1. The third-order valence-corrected chi connectivity index (χ3v) is 8.21. The van der Waals surface area contributed by atoms with Crippen molar-refractivity contribution >= 4 is 22.2 Å². The fourth-order valence-corrected chi connectivity index (χ4v) is 5.99. The van der Waals surface area contributed by atoms with Crippen molar-refractivity contribution in [3.8, 4) is 11.3 Å². The first-order valence-electron chi connectivity index (χ1n) is 13.0. The molecular formula is C29H26F3N5O. The molecule has 2 fully saturated rings. The number of hydrogen-bond donors (Lipinski definition) is 0. The number of alkyl halides is 3. The maximum Gasteiger partial charge on any atom is 0.417 e. The lowest BCUT2D eigenvalue weighted by Gasteiger charge is -2.47. The molecule has 4 aromatic rings. The smallest absolute Gasteiger partial charge is 0.371 e. The normalized spacial score (nSPS) is 19.1. The molecule has 4 heterocycles. The number of anilines is 1. The van der Waals surface area contributed by atoms with Crippen molar-refractivity contribution in [1.82, 2.24) is 20.3 Å². The van der Waals surface area contributed by atoms with E-state index < -0.39 is 11.7 Å². The highest BCUT2D eigenvalue weighted by Gasteiger charge is 2.45. The Kier molecular flexibility index (Phi) is 5.15. The van der Waals surface area contributed by atoms with Gasteiger partial charge in [0, 0.05) is 53.6 Å². The first-order valence-corrected chi connectivity index (χ1v) is 13.0. The van der Waals surface area contributed by atoms with Crippen molar-refractivity contribution in [2.45, 2.75) is 51.1 Å². The van der Waals surface area contributed by atoms with Gasteiger partial charge in [0.25, 0.3) is 0 Å². The predicted molar refractivity (Wildman–Crippen MR) is 137 cm³/mol. The fourth-order valence-electron chi connectivity index (χ4n) is 5.99. The minimum atomic E-state index is -4.50. The molecule has 3 aromatic heterocycles. The summed E-state index contributed by atoms with van der Waals surface area (Å²) in [6.07, 6.45) is 4.93. The van der Waals surface area contributed by atoms with Gasteiger partial charge in [-0.15, -0.1) is 0 Å². The number of allylic oxidation sites excluding steroid dienone is 2. The Morgan fingerprint density at radius 1 is 1.05 bits per heavy atom. The van der Waals surface area contributed by atoms with Crippen LogP contribution in [0.4, 0.5) is 18.9 Å². The number of hydrogen-bond acceptors (Lipinski definition) is 6. The second-order valence-electron chi connectivity index (χ2n) is 10.9. The number of pyridine rings is 1. The van der Waals surface area contributed by atoms with E-state index in [-0.39, 0.29) is 22.6 Å². The summed E-state index contributed by atoms with van der Waals surface area (Å²) < 4.78 is 47.1. The van der Waals surface area contributed by atoms with Gasteiger partial charge < -0.3 is 9.42 Å². The summed E-state index contributed by atoms with van der Waals surface area (Å²) in [6, 6.07) is 9.38. The van der Waals surface area contributed by atoms with Gasteiger partial charge in [0.2, 0.25) is 0 Å². The summed E-state index contributed by atoms with van der Waals surface area (Å²) in [5.74, 6) is 0.958. The molecule has 1 spiro atoms. The zero-order valence-electron chi connectivity index (χ0n) is 20.9. The van der Waals surface area contributed by atoms with E-state index in [0.29, 0.717) is 0 Å². The molecule has 1 aromatic carbocycles. The average molecular weight is 518 g/mol. The number of halogens is 3. The van der Waals surface area contributed by atoms with Crippen LogP contribution in [-0.2, 0) is 6.18 Å². The van der Waals surface area contributed by atoms with E-state index in [1.54, 1.807) is 0 Å². The van der Waals surface area contributed by atoms with E-state index in [0.717, 1.165) is 90.4 Å². The molecule has 7 rings (SSSR count). The van der Waals surface area contributed by atoms with Crippen molar-refractivity contribution in [3.63, 3.8) is 0 Å². The molecule has 9 heteroatoms.